The number of nitrogens with two attached hydrogens (primary N) is 1. The number of benzene rings is 3. The van der Waals surface area contributed by atoms with Gasteiger partial charge in [0.1, 0.15) is 23.2 Å². The second-order valence-corrected chi connectivity index (χ2v) is 12.1. The average molecular weight is 683 g/mol. The van der Waals surface area contributed by atoms with Gasteiger partial charge in [-0.2, -0.15) is 0 Å². The van der Waals surface area contributed by atoms with Crippen LogP contribution in [0.5, 0.6) is 11.5 Å². The van der Waals surface area contributed by atoms with Crippen molar-refractivity contribution in [2.75, 3.05) is 7.11 Å². The van der Waals surface area contributed by atoms with Crippen molar-refractivity contribution < 1.29 is 43.2 Å². The normalized spacial score (nSPS) is 20.9. The molecule has 0 saturated carbocycles. The number of carbonyl (C=O) groups is 2. The number of aryl methyl sites for hydroxylation is 1. The summed E-state index contributed by atoms with van der Waals surface area (Å²) >= 11 is 3.41. The van der Waals surface area contributed by atoms with E-state index in [2.05, 4.69) is 15.9 Å². The lowest BCUT2D eigenvalue weighted by Gasteiger charge is -2.47. The van der Waals surface area contributed by atoms with Crippen LogP contribution in [0.25, 0.3) is 22.1 Å². The molecule has 3 aromatic carbocycles. The maximum absolute atomic E-state index is 13.3. The van der Waals surface area contributed by atoms with Gasteiger partial charge in [-0.25, -0.2) is 9.59 Å². The monoisotopic (exact) mass is 681 g/mol. The molecular weight excluding hydrogens is 650 g/mol. The summed E-state index contributed by atoms with van der Waals surface area (Å²) in [6.45, 7) is 4.93. The summed E-state index contributed by atoms with van der Waals surface area (Å²) in [6, 6.07) is 17.6. The number of ketones is 1. The van der Waals surface area contributed by atoms with Gasteiger partial charge in [0.05, 0.1) is 16.6 Å². The van der Waals surface area contributed by atoms with Crippen molar-refractivity contribution in [2.45, 2.75) is 57.4 Å². The lowest BCUT2D eigenvalue weighted by molar-refractivity contribution is -0.304. The fraction of sp³-hybridized carbons (Fsp3) is 0.303. The number of carbonyl (C=O) groups excluding carboxylic acids is 2. The summed E-state index contributed by atoms with van der Waals surface area (Å²) < 4.78 is 29.0. The Kier molecular flexibility index (Phi) is 9.04. The molecule has 12 heteroatoms. The zero-order valence-corrected chi connectivity index (χ0v) is 26.5. The fourth-order valence-electron chi connectivity index (χ4n) is 5.53. The molecule has 0 radical (unpaired) electrons. The zero-order chi connectivity index (χ0) is 32.6. The van der Waals surface area contributed by atoms with Crippen molar-refractivity contribution in [3.8, 4) is 22.6 Å². The van der Waals surface area contributed by atoms with Crippen molar-refractivity contribution in [1.29, 1.82) is 0 Å². The van der Waals surface area contributed by atoms with Gasteiger partial charge in [-0.1, -0.05) is 46.3 Å². The number of ether oxygens (including phenoxy) is 4. The van der Waals surface area contributed by atoms with Crippen LogP contribution in [0.15, 0.2) is 74.3 Å². The van der Waals surface area contributed by atoms with Gasteiger partial charge in [0.15, 0.2) is 18.0 Å². The van der Waals surface area contributed by atoms with Crippen LogP contribution >= 0.6 is 15.9 Å². The first kappa shape index (κ1) is 32.2. The van der Waals surface area contributed by atoms with E-state index in [1.54, 1.807) is 39.0 Å². The second kappa shape index (κ2) is 12.6. The molecule has 1 fully saturated rings. The van der Waals surface area contributed by atoms with E-state index in [1.165, 1.54) is 19.2 Å². The van der Waals surface area contributed by atoms with E-state index in [0.717, 1.165) is 15.6 Å². The molecule has 11 nitrogen and oxygen atoms in total. The molecule has 4 aromatic rings. The van der Waals surface area contributed by atoms with E-state index >= 15 is 0 Å². The highest BCUT2D eigenvalue weighted by Crippen LogP contribution is 2.38. The van der Waals surface area contributed by atoms with Crippen molar-refractivity contribution in [1.82, 2.24) is 0 Å². The number of halogens is 1. The highest BCUT2D eigenvalue weighted by molar-refractivity contribution is 9.10. The molecule has 4 atom stereocenters. The number of rotatable bonds is 8. The summed E-state index contributed by atoms with van der Waals surface area (Å²) in [7, 11) is 1.38. The van der Waals surface area contributed by atoms with E-state index in [0.29, 0.717) is 11.1 Å². The summed E-state index contributed by atoms with van der Waals surface area (Å²) in [5.41, 5.74) is 5.53. The Morgan fingerprint density at radius 3 is 2.44 bits per heavy atom. The molecule has 1 aromatic heterocycles. The molecule has 0 bridgehead atoms. The number of methoxy groups -OCH3 is 1. The van der Waals surface area contributed by atoms with Crippen LogP contribution < -0.4 is 16.1 Å². The number of primary amides is 1. The molecule has 0 unspecified atom stereocenters. The predicted octanol–water partition coefficient (Wildman–Crippen LogP) is 5.02. The van der Waals surface area contributed by atoms with Gasteiger partial charge in [-0.3, -0.25) is 4.79 Å². The molecule has 0 aliphatic carbocycles. The Balaban J connectivity index is 1.42. The number of aliphatic hydroxyl groups is 1. The molecule has 0 spiro atoms. The van der Waals surface area contributed by atoms with Gasteiger partial charge >= 0.3 is 11.7 Å². The van der Waals surface area contributed by atoms with E-state index in [1.807, 2.05) is 30.3 Å². The van der Waals surface area contributed by atoms with Crippen molar-refractivity contribution in [3.05, 3.63) is 92.2 Å². The maximum atomic E-state index is 13.3. The minimum atomic E-state index is -1.50. The fourth-order valence-corrected chi connectivity index (χ4v) is 5.80. The lowest BCUT2D eigenvalue weighted by Crippen LogP contribution is -2.65. The quantitative estimate of drug-likeness (QED) is 0.170. The molecule has 1 aliphatic rings. The number of amides is 1. The number of Topliss-reactive ketones (excluding diaryl/α,β-unsaturated/α-hetero) is 1. The molecule has 2 heterocycles. The SMILES string of the molecule is CO[C@@H]1[C@@H](OC(N)=O)[C@@H](O)[C@H](Oc2ccc3c(O)c(CC(=O)c4cccc(-c5ccc(Br)cc5)c4)c(=O)oc3c2C)OC1(C)C. The van der Waals surface area contributed by atoms with E-state index in [9.17, 15) is 24.6 Å². The van der Waals surface area contributed by atoms with Gasteiger partial charge in [0.25, 0.3) is 0 Å². The van der Waals surface area contributed by atoms with Crippen molar-refractivity contribution in [2.24, 2.45) is 5.73 Å². The van der Waals surface area contributed by atoms with E-state index in [4.69, 9.17) is 29.1 Å². The van der Waals surface area contributed by atoms with Crippen LogP contribution in [0.4, 0.5) is 4.79 Å². The number of aliphatic hydroxyl groups excluding tert-OH is 1. The number of aromatic hydroxyl groups is 1. The molecule has 5 rings (SSSR count). The minimum Gasteiger partial charge on any atom is -0.507 e. The third-order valence-electron chi connectivity index (χ3n) is 7.81. The summed E-state index contributed by atoms with van der Waals surface area (Å²) in [4.78, 5) is 37.9. The molecule has 4 N–H and O–H groups in total. The molecular formula is C33H32BrNO10. The first-order valence-corrected chi connectivity index (χ1v) is 14.8. The largest absolute Gasteiger partial charge is 0.507 e. The maximum Gasteiger partial charge on any atom is 0.404 e. The predicted molar refractivity (Wildman–Crippen MR) is 167 cm³/mol. The van der Waals surface area contributed by atoms with Crippen LogP contribution in [0.2, 0.25) is 0 Å². The first-order valence-electron chi connectivity index (χ1n) is 14.0. The first-order chi connectivity index (χ1) is 21.3. The Hall–Kier alpha value is -4.23. The molecule has 1 aliphatic heterocycles. The third-order valence-corrected chi connectivity index (χ3v) is 8.33. The van der Waals surface area contributed by atoms with Gasteiger partial charge in [0, 0.05) is 29.1 Å². The van der Waals surface area contributed by atoms with Gasteiger partial charge < -0.3 is 39.3 Å². The number of fused-ring (bicyclic) bond motifs is 1. The molecule has 45 heavy (non-hydrogen) atoms. The second-order valence-electron chi connectivity index (χ2n) is 11.2. The Labute approximate surface area is 266 Å². The van der Waals surface area contributed by atoms with Crippen LogP contribution in [-0.4, -0.2) is 59.4 Å². The van der Waals surface area contributed by atoms with Gasteiger partial charge in [-0.05, 0) is 62.2 Å². The smallest absolute Gasteiger partial charge is 0.404 e. The molecule has 1 amide bonds. The number of hydrogen-bond donors (Lipinski definition) is 3. The van der Waals surface area contributed by atoms with Crippen LogP contribution in [0.1, 0.15) is 35.3 Å². The van der Waals surface area contributed by atoms with E-state index in [-0.39, 0.29) is 40.2 Å². The lowest BCUT2D eigenvalue weighted by atomic mass is 9.89. The van der Waals surface area contributed by atoms with Gasteiger partial charge in [0.2, 0.25) is 6.29 Å². The van der Waals surface area contributed by atoms with Crippen LogP contribution in [0, 0.1) is 6.92 Å². The van der Waals surface area contributed by atoms with Crippen LogP contribution in [0.3, 0.4) is 0 Å². The standard InChI is InChI=1S/C33H32BrNO10/c1-16-24(42-31-26(38)28(44-32(35)40)29(41-4)33(2,3)45-31)13-12-21-25(37)22(30(39)43-27(16)21)15-23(36)19-7-5-6-18(14-19)17-8-10-20(34)11-9-17/h5-14,26,28-29,31,37-38H,15H2,1-4H3,(H2,35,40)/t26-,28+,29-,31-/m1/s1. The van der Waals surface area contributed by atoms with Gasteiger partial charge in [-0.15, -0.1) is 0 Å². The van der Waals surface area contributed by atoms with Crippen molar-refractivity contribution in [3.63, 3.8) is 0 Å². The third kappa shape index (κ3) is 6.45. The topological polar surface area (TPSA) is 168 Å². The highest BCUT2D eigenvalue weighted by atomic mass is 79.9. The Bertz CT molecular complexity index is 1820. The van der Waals surface area contributed by atoms with Crippen molar-refractivity contribution >= 4 is 38.8 Å². The summed E-state index contributed by atoms with van der Waals surface area (Å²) in [6.07, 6.45) is -6.40. The highest BCUT2D eigenvalue weighted by Gasteiger charge is 2.53. The molecule has 236 valence electrons. The zero-order valence-electron chi connectivity index (χ0n) is 24.9. The minimum absolute atomic E-state index is 0.0210. The Morgan fingerprint density at radius 1 is 1.07 bits per heavy atom. The van der Waals surface area contributed by atoms with Crippen LogP contribution in [-0.2, 0) is 20.6 Å². The summed E-state index contributed by atoms with van der Waals surface area (Å²) in [5.74, 6) is -0.603. The summed E-state index contributed by atoms with van der Waals surface area (Å²) in [5, 5.41) is 22.3. The number of hydrogen-bond acceptors (Lipinski definition) is 10. The Morgan fingerprint density at radius 2 is 1.78 bits per heavy atom. The average Bonchev–Trinajstić information content (AvgIpc) is 2.99. The van der Waals surface area contributed by atoms with E-state index < -0.39 is 41.9 Å². The molecule has 1 saturated heterocycles.